The molecule has 0 aliphatic carbocycles. The minimum absolute atomic E-state index is 0.184. The van der Waals surface area contributed by atoms with Crippen molar-refractivity contribution in [3.8, 4) is 0 Å². The highest BCUT2D eigenvalue weighted by Gasteiger charge is 2.27. The van der Waals surface area contributed by atoms with Gasteiger partial charge in [-0.3, -0.25) is 0 Å². The van der Waals surface area contributed by atoms with E-state index in [1.807, 2.05) is 0 Å². The average Bonchev–Trinajstić information content (AvgIpc) is 2.47. The topological polar surface area (TPSA) is 32.8 Å². The van der Waals surface area contributed by atoms with Gasteiger partial charge >= 0.3 is 6.09 Å². The highest BCUT2D eigenvalue weighted by molar-refractivity contribution is 5.68. The first-order valence-electron chi connectivity index (χ1n) is 6.87. The third kappa shape index (κ3) is 3.70. The normalized spacial score (nSPS) is 16.9. The molecule has 1 fully saturated rings. The molecule has 0 aromatic heterocycles. The van der Waals surface area contributed by atoms with Crippen LogP contribution in [0.4, 0.5) is 9.18 Å². The summed E-state index contributed by atoms with van der Waals surface area (Å²) in [5.74, 6) is -0.266. The number of carbonyl (C=O) groups is 1. The van der Waals surface area contributed by atoms with Gasteiger partial charge in [0.05, 0.1) is 7.11 Å². The predicted octanol–water partition coefficient (Wildman–Crippen LogP) is 2.49. The smallest absolute Gasteiger partial charge is 0.410 e. The maximum Gasteiger partial charge on any atom is 0.410 e. The van der Waals surface area contributed by atoms with E-state index in [0.29, 0.717) is 6.54 Å². The van der Waals surface area contributed by atoms with Crippen LogP contribution in [-0.4, -0.2) is 49.2 Å². The van der Waals surface area contributed by atoms with Crippen LogP contribution in [0.2, 0.25) is 0 Å². The number of likely N-dealkylation sites (tertiary alicyclic amines) is 1. The Morgan fingerprint density at radius 3 is 2.50 bits per heavy atom. The third-order valence-corrected chi connectivity index (χ3v) is 3.80. The summed E-state index contributed by atoms with van der Waals surface area (Å²) in [6.45, 7) is 2.41. The highest BCUT2D eigenvalue weighted by atomic mass is 19.1. The van der Waals surface area contributed by atoms with Gasteiger partial charge in [0.25, 0.3) is 0 Å². The number of ether oxygens (including phenoxy) is 1. The van der Waals surface area contributed by atoms with Crippen molar-refractivity contribution < 1.29 is 13.9 Å². The summed E-state index contributed by atoms with van der Waals surface area (Å²) in [7, 11) is 3.48. The Balaban J connectivity index is 2.07. The predicted molar refractivity (Wildman–Crippen MR) is 74.9 cm³/mol. The van der Waals surface area contributed by atoms with Crippen LogP contribution in [-0.2, 0) is 11.3 Å². The van der Waals surface area contributed by atoms with Crippen LogP contribution < -0.4 is 0 Å². The van der Waals surface area contributed by atoms with Gasteiger partial charge in [0.2, 0.25) is 0 Å². The second-order valence-corrected chi connectivity index (χ2v) is 5.26. The van der Waals surface area contributed by atoms with Crippen LogP contribution in [0.1, 0.15) is 18.4 Å². The second-order valence-electron chi connectivity index (χ2n) is 5.26. The Kier molecular flexibility index (Phi) is 4.95. The number of amides is 1. The van der Waals surface area contributed by atoms with E-state index in [0.717, 1.165) is 31.5 Å². The lowest BCUT2D eigenvalue weighted by atomic mass is 10.0. The van der Waals surface area contributed by atoms with E-state index in [1.165, 1.54) is 19.2 Å². The molecule has 0 spiro atoms. The Morgan fingerprint density at radius 2 is 1.95 bits per heavy atom. The van der Waals surface area contributed by atoms with Crippen molar-refractivity contribution in [2.24, 2.45) is 0 Å². The first-order valence-corrected chi connectivity index (χ1v) is 6.87. The summed E-state index contributed by atoms with van der Waals surface area (Å²) in [5.41, 5.74) is 0.913. The lowest BCUT2D eigenvalue weighted by molar-refractivity contribution is 0.0788. The molecule has 1 saturated heterocycles. The minimum atomic E-state index is -0.316. The molecule has 0 radical (unpaired) electrons. The molecule has 1 amide bonds. The number of hydrogen-bond acceptors (Lipinski definition) is 3. The van der Waals surface area contributed by atoms with E-state index in [4.69, 9.17) is 4.74 Å². The highest BCUT2D eigenvalue weighted by Crippen LogP contribution is 2.19. The third-order valence-electron chi connectivity index (χ3n) is 3.80. The second kappa shape index (κ2) is 6.70. The lowest BCUT2D eigenvalue weighted by Crippen LogP contribution is -2.46. The summed E-state index contributed by atoms with van der Waals surface area (Å²) in [6.07, 6.45) is 1.56. The van der Waals surface area contributed by atoms with Crippen molar-refractivity contribution in [2.75, 3.05) is 27.2 Å². The van der Waals surface area contributed by atoms with E-state index in [-0.39, 0.29) is 18.0 Å². The zero-order valence-corrected chi connectivity index (χ0v) is 12.0. The molecule has 110 valence electrons. The quantitative estimate of drug-likeness (QED) is 0.853. The molecule has 0 atom stereocenters. The maximum absolute atomic E-state index is 12.9. The molecule has 2 rings (SSSR count). The van der Waals surface area contributed by atoms with Crippen molar-refractivity contribution in [3.63, 3.8) is 0 Å². The van der Waals surface area contributed by atoms with E-state index < -0.39 is 0 Å². The Labute approximate surface area is 119 Å². The van der Waals surface area contributed by atoms with E-state index in [1.54, 1.807) is 17.0 Å². The molecule has 1 aliphatic heterocycles. The molecule has 0 N–H and O–H groups in total. The van der Waals surface area contributed by atoms with Crippen molar-refractivity contribution >= 4 is 6.09 Å². The summed E-state index contributed by atoms with van der Waals surface area (Å²) in [4.78, 5) is 16.0. The zero-order valence-electron chi connectivity index (χ0n) is 12.0. The molecular weight excluding hydrogens is 259 g/mol. The summed E-state index contributed by atoms with van der Waals surface area (Å²) in [5, 5.41) is 0. The number of methoxy groups -OCH3 is 1. The molecule has 4 nitrogen and oxygen atoms in total. The number of benzene rings is 1. The van der Waals surface area contributed by atoms with Crippen molar-refractivity contribution in [1.82, 2.24) is 9.80 Å². The summed E-state index contributed by atoms with van der Waals surface area (Å²) < 4.78 is 17.8. The lowest BCUT2D eigenvalue weighted by Gasteiger charge is -2.36. The summed E-state index contributed by atoms with van der Waals surface area (Å²) >= 11 is 0. The van der Waals surface area contributed by atoms with Crippen LogP contribution >= 0.6 is 0 Å². The number of halogens is 1. The van der Waals surface area contributed by atoms with Gasteiger partial charge < -0.3 is 14.5 Å². The standard InChI is InChI=1S/C15H21FN2O2/c1-17-9-7-14(8-10-17)18(15(19)20-2)11-12-3-5-13(16)6-4-12/h3-6,14H,7-11H2,1-2H3. The molecule has 5 heteroatoms. The molecule has 1 aliphatic rings. The van der Waals surface area contributed by atoms with Gasteiger partial charge in [0.1, 0.15) is 5.82 Å². The molecule has 0 saturated carbocycles. The Bertz CT molecular complexity index is 442. The van der Waals surface area contributed by atoms with Gasteiger partial charge in [-0.05, 0) is 50.7 Å². The fraction of sp³-hybridized carbons (Fsp3) is 0.533. The van der Waals surface area contributed by atoms with Crippen molar-refractivity contribution in [1.29, 1.82) is 0 Å². The maximum atomic E-state index is 12.9. The van der Waals surface area contributed by atoms with Crippen LogP contribution in [0.15, 0.2) is 24.3 Å². The molecule has 1 aromatic rings. The van der Waals surface area contributed by atoms with Crippen molar-refractivity contribution in [3.05, 3.63) is 35.6 Å². The zero-order chi connectivity index (χ0) is 14.5. The number of piperidine rings is 1. The first-order chi connectivity index (χ1) is 9.60. The SMILES string of the molecule is COC(=O)N(Cc1ccc(F)cc1)C1CCN(C)CC1. The van der Waals surface area contributed by atoms with Crippen molar-refractivity contribution in [2.45, 2.75) is 25.4 Å². The van der Waals surface area contributed by atoms with E-state index >= 15 is 0 Å². The van der Waals surface area contributed by atoms with Crippen LogP contribution in [0.25, 0.3) is 0 Å². The largest absolute Gasteiger partial charge is 0.453 e. The average molecular weight is 280 g/mol. The van der Waals surface area contributed by atoms with Gasteiger partial charge in [-0.25, -0.2) is 9.18 Å². The van der Waals surface area contributed by atoms with Gasteiger partial charge in [-0.1, -0.05) is 12.1 Å². The van der Waals surface area contributed by atoms with Crippen LogP contribution in [0.3, 0.4) is 0 Å². The van der Waals surface area contributed by atoms with Gasteiger partial charge in [0, 0.05) is 12.6 Å². The molecule has 0 bridgehead atoms. The van der Waals surface area contributed by atoms with Gasteiger partial charge in [-0.15, -0.1) is 0 Å². The Hall–Kier alpha value is -1.62. The molecule has 1 heterocycles. The molecule has 0 unspecified atom stereocenters. The van der Waals surface area contributed by atoms with E-state index in [9.17, 15) is 9.18 Å². The molecule has 20 heavy (non-hydrogen) atoms. The number of nitrogens with zero attached hydrogens (tertiary/aromatic N) is 2. The van der Waals surface area contributed by atoms with Gasteiger partial charge in [0.15, 0.2) is 0 Å². The summed E-state index contributed by atoms with van der Waals surface area (Å²) in [6, 6.07) is 6.43. The fourth-order valence-electron chi connectivity index (χ4n) is 2.55. The van der Waals surface area contributed by atoms with Crippen LogP contribution in [0.5, 0.6) is 0 Å². The van der Waals surface area contributed by atoms with Gasteiger partial charge in [-0.2, -0.15) is 0 Å². The monoisotopic (exact) mass is 280 g/mol. The number of hydrogen-bond donors (Lipinski definition) is 0. The van der Waals surface area contributed by atoms with E-state index in [2.05, 4.69) is 11.9 Å². The molecular formula is C15H21FN2O2. The fourth-order valence-corrected chi connectivity index (χ4v) is 2.55. The first kappa shape index (κ1) is 14.8. The number of rotatable bonds is 3. The number of carbonyl (C=O) groups excluding carboxylic acids is 1. The minimum Gasteiger partial charge on any atom is -0.453 e. The van der Waals surface area contributed by atoms with Crippen LogP contribution in [0, 0.1) is 5.82 Å². The Morgan fingerprint density at radius 1 is 1.35 bits per heavy atom. The molecule has 1 aromatic carbocycles.